The smallest absolute Gasteiger partial charge is 0.348 e. The Morgan fingerprint density at radius 3 is 2.68 bits per heavy atom. The first-order valence-corrected chi connectivity index (χ1v) is 12.2. The molecule has 0 saturated carbocycles. The molecule has 3 amide bonds. The topological polar surface area (TPSA) is 130 Å². The van der Waals surface area contributed by atoms with Gasteiger partial charge in [-0.1, -0.05) is 18.2 Å². The molecule has 2 N–H and O–H groups in total. The van der Waals surface area contributed by atoms with Gasteiger partial charge in [0.15, 0.2) is 0 Å². The Labute approximate surface area is 196 Å². The highest BCUT2D eigenvalue weighted by atomic mass is 32.2. The van der Waals surface area contributed by atoms with E-state index in [-0.39, 0.29) is 11.8 Å². The number of amidine groups is 1. The molecule has 0 aromatic heterocycles. The van der Waals surface area contributed by atoms with Gasteiger partial charge in [0.25, 0.3) is 5.91 Å². The van der Waals surface area contributed by atoms with Gasteiger partial charge in [0.05, 0.1) is 25.3 Å². The van der Waals surface area contributed by atoms with Crippen molar-refractivity contribution in [3.8, 4) is 5.75 Å². The van der Waals surface area contributed by atoms with Crippen LogP contribution in [-0.4, -0.2) is 62.6 Å². The summed E-state index contributed by atoms with van der Waals surface area (Å²) in [5.41, 5.74) is 1.58. The van der Waals surface area contributed by atoms with Crippen LogP contribution in [0.2, 0.25) is 0 Å². The van der Waals surface area contributed by atoms with Crippen LogP contribution in [0.25, 0.3) is 0 Å². The van der Waals surface area contributed by atoms with Gasteiger partial charge in [-0.15, -0.1) is 4.99 Å². The highest BCUT2D eigenvalue weighted by molar-refractivity contribution is 7.92. The second-order valence-electron chi connectivity index (χ2n) is 7.65. The molecule has 2 aliphatic heterocycles. The molecule has 0 atom stereocenters. The molecule has 178 valence electrons. The second kappa shape index (κ2) is 9.43. The summed E-state index contributed by atoms with van der Waals surface area (Å²) in [6.07, 6.45) is 2.52. The lowest BCUT2D eigenvalue weighted by atomic mass is 10.2. The van der Waals surface area contributed by atoms with E-state index in [0.29, 0.717) is 36.8 Å². The highest BCUT2D eigenvalue weighted by Crippen LogP contribution is 2.22. The fourth-order valence-corrected chi connectivity index (χ4v) is 3.97. The molecule has 0 saturated heterocycles. The standard InChI is InChI=1S/C22H23N5O6S/c1-32-18-8-3-5-15(11-18)13-26-9-10-27-14-19(33-22(27)24-21(26)29)20(28)23-16-6-4-7-17(12-16)25-34(2,30)31/h3-8,11-12,14,25H,9-10,13H2,1-2H3,(H,23,28). The number of ether oxygens (including phenoxy) is 2. The molecule has 0 unspecified atom stereocenters. The first-order valence-electron chi connectivity index (χ1n) is 10.3. The van der Waals surface area contributed by atoms with Crippen LogP contribution in [0.3, 0.4) is 0 Å². The predicted octanol–water partition coefficient (Wildman–Crippen LogP) is 2.17. The highest BCUT2D eigenvalue weighted by Gasteiger charge is 2.31. The van der Waals surface area contributed by atoms with Gasteiger partial charge < -0.3 is 19.7 Å². The zero-order valence-corrected chi connectivity index (χ0v) is 19.3. The molecule has 0 spiro atoms. The zero-order valence-electron chi connectivity index (χ0n) is 18.5. The number of fused-ring (bicyclic) bond motifs is 1. The number of benzene rings is 2. The van der Waals surface area contributed by atoms with Crippen LogP contribution < -0.4 is 14.8 Å². The molecular weight excluding hydrogens is 462 g/mol. The van der Waals surface area contributed by atoms with Crippen LogP contribution >= 0.6 is 0 Å². The number of urea groups is 1. The summed E-state index contributed by atoms with van der Waals surface area (Å²) in [4.78, 5) is 32.5. The maximum Gasteiger partial charge on any atom is 0.348 e. The monoisotopic (exact) mass is 485 g/mol. The van der Waals surface area contributed by atoms with Gasteiger partial charge in [-0.05, 0) is 35.9 Å². The number of nitrogens with one attached hydrogen (secondary N) is 2. The number of nitrogens with zero attached hydrogens (tertiary/aromatic N) is 3. The quantitative estimate of drug-likeness (QED) is 0.615. The maximum atomic E-state index is 12.7. The van der Waals surface area contributed by atoms with Crippen LogP contribution in [0.4, 0.5) is 16.2 Å². The van der Waals surface area contributed by atoms with E-state index in [1.807, 2.05) is 24.3 Å². The van der Waals surface area contributed by atoms with Crippen LogP contribution in [0.15, 0.2) is 65.5 Å². The van der Waals surface area contributed by atoms with Crippen molar-refractivity contribution >= 4 is 39.4 Å². The van der Waals surface area contributed by atoms with Crippen molar-refractivity contribution in [1.82, 2.24) is 9.80 Å². The van der Waals surface area contributed by atoms with Gasteiger partial charge in [0, 0.05) is 25.3 Å². The number of aliphatic imine (C=N–C) groups is 1. The molecule has 0 radical (unpaired) electrons. The van der Waals surface area contributed by atoms with Crippen LogP contribution in [0, 0.1) is 0 Å². The molecule has 2 heterocycles. The minimum Gasteiger partial charge on any atom is -0.497 e. The summed E-state index contributed by atoms with van der Waals surface area (Å²) in [6.45, 7) is 1.12. The Morgan fingerprint density at radius 1 is 1.15 bits per heavy atom. The molecule has 4 rings (SSSR count). The summed E-state index contributed by atoms with van der Waals surface area (Å²) in [7, 11) is -1.87. The molecule has 2 aromatic carbocycles. The van der Waals surface area contributed by atoms with E-state index in [1.54, 1.807) is 35.1 Å². The third-order valence-electron chi connectivity index (χ3n) is 4.95. The van der Waals surface area contributed by atoms with E-state index in [9.17, 15) is 18.0 Å². The van der Waals surface area contributed by atoms with E-state index in [1.165, 1.54) is 12.3 Å². The predicted molar refractivity (Wildman–Crippen MR) is 126 cm³/mol. The summed E-state index contributed by atoms with van der Waals surface area (Å²) in [5, 5.41) is 2.64. The van der Waals surface area contributed by atoms with Crippen LogP contribution in [-0.2, 0) is 26.1 Å². The summed E-state index contributed by atoms with van der Waals surface area (Å²) >= 11 is 0. The lowest BCUT2D eigenvalue weighted by molar-refractivity contribution is -0.114. The molecule has 0 aliphatic carbocycles. The second-order valence-corrected chi connectivity index (χ2v) is 9.40. The van der Waals surface area contributed by atoms with Gasteiger partial charge in [0.2, 0.25) is 15.8 Å². The number of methoxy groups -OCH3 is 1. The maximum absolute atomic E-state index is 12.7. The van der Waals surface area contributed by atoms with Crippen molar-refractivity contribution in [2.75, 3.05) is 36.5 Å². The summed E-state index contributed by atoms with van der Waals surface area (Å²) < 4.78 is 35.9. The van der Waals surface area contributed by atoms with Gasteiger partial charge in [0.1, 0.15) is 5.75 Å². The number of hydrogen-bond acceptors (Lipinski definition) is 7. The van der Waals surface area contributed by atoms with Gasteiger partial charge in [-0.2, -0.15) is 0 Å². The molecular formula is C22H23N5O6S. The SMILES string of the molecule is COc1cccc(CN2CCN3C=C(C(=O)Nc4cccc(NS(C)(=O)=O)c4)OC3=NC2=O)c1. The fraction of sp³-hybridized carbons (Fsp3) is 0.227. The number of hydrogen-bond donors (Lipinski definition) is 2. The Bertz CT molecular complexity index is 1290. The van der Waals surface area contributed by atoms with Gasteiger partial charge in [-0.25, -0.2) is 13.2 Å². The fourth-order valence-electron chi connectivity index (χ4n) is 3.41. The summed E-state index contributed by atoms with van der Waals surface area (Å²) in [5.74, 6) is 0.105. The number of anilines is 2. The normalized spacial score (nSPS) is 15.5. The Balaban J connectivity index is 1.40. The van der Waals surface area contributed by atoms with Crippen molar-refractivity contribution < 1.29 is 27.5 Å². The van der Waals surface area contributed by atoms with E-state index in [0.717, 1.165) is 11.8 Å². The molecule has 0 fully saturated rings. The van der Waals surface area contributed by atoms with Crippen LogP contribution in [0.1, 0.15) is 5.56 Å². The number of amides is 3. The lowest BCUT2D eigenvalue weighted by Gasteiger charge is -2.19. The Hall–Kier alpha value is -4.06. The third-order valence-corrected chi connectivity index (χ3v) is 5.55. The Kier molecular flexibility index (Phi) is 6.41. The average molecular weight is 486 g/mol. The lowest BCUT2D eigenvalue weighted by Crippen LogP contribution is -2.31. The molecule has 2 aliphatic rings. The number of carbonyl (C=O) groups excluding carboxylic acids is 2. The van der Waals surface area contributed by atoms with Gasteiger partial charge in [-0.3, -0.25) is 14.4 Å². The van der Waals surface area contributed by atoms with Crippen molar-refractivity contribution in [3.63, 3.8) is 0 Å². The molecule has 12 heteroatoms. The first-order chi connectivity index (χ1) is 16.2. The minimum atomic E-state index is -3.45. The molecule has 11 nitrogen and oxygen atoms in total. The minimum absolute atomic E-state index is 0.0239. The van der Waals surface area contributed by atoms with Crippen molar-refractivity contribution in [2.24, 2.45) is 4.99 Å². The van der Waals surface area contributed by atoms with Crippen molar-refractivity contribution in [2.45, 2.75) is 6.54 Å². The van der Waals surface area contributed by atoms with E-state index in [2.05, 4.69) is 15.0 Å². The third kappa shape index (κ3) is 5.64. The van der Waals surface area contributed by atoms with E-state index in [4.69, 9.17) is 9.47 Å². The van der Waals surface area contributed by atoms with Gasteiger partial charge >= 0.3 is 12.1 Å². The largest absolute Gasteiger partial charge is 0.497 e. The summed E-state index contributed by atoms with van der Waals surface area (Å²) in [6, 6.07) is 13.2. The molecule has 2 aromatic rings. The van der Waals surface area contributed by atoms with E-state index >= 15 is 0 Å². The van der Waals surface area contributed by atoms with Crippen LogP contribution in [0.5, 0.6) is 5.75 Å². The zero-order chi connectivity index (χ0) is 24.3. The number of carbonyl (C=O) groups is 2. The van der Waals surface area contributed by atoms with E-state index < -0.39 is 22.0 Å². The number of rotatable bonds is 7. The van der Waals surface area contributed by atoms with Crippen molar-refractivity contribution in [3.05, 3.63) is 66.1 Å². The molecule has 34 heavy (non-hydrogen) atoms. The first kappa shape index (κ1) is 23.1. The average Bonchev–Trinajstić information content (AvgIpc) is 3.12. The van der Waals surface area contributed by atoms with Crippen molar-refractivity contribution in [1.29, 1.82) is 0 Å². The molecule has 0 bridgehead atoms. The Morgan fingerprint density at radius 2 is 1.91 bits per heavy atom. The number of sulfonamides is 1.